The van der Waals surface area contributed by atoms with E-state index in [-0.39, 0.29) is 11.7 Å². The number of carbonyl (C=O) groups is 2. The third-order valence-electron chi connectivity index (χ3n) is 2.48. The number of amides is 1. The zero-order valence-electron chi connectivity index (χ0n) is 10.6. The van der Waals surface area contributed by atoms with Crippen molar-refractivity contribution in [1.29, 1.82) is 0 Å². The van der Waals surface area contributed by atoms with E-state index in [1.165, 1.54) is 34.6 Å². The Morgan fingerprint density at radius 2 is 2.35 bits per heavy atom. The van der Waals surface area contributed by atoms with Crippen molar-refractivity contribution in [3.8, 4) is 0 Å². The molecule has 7 heteroatoms. The van der Waals surface area contributed by atoms with Gasteiger partial charge in [0.1, 0.15) is 0 Å². The van der Waals surface area contributed by atoms with Crippen molar-refractivity contribution in [3.05, 3.63) is 46.0 Å². The van der Waals surface area contributed by atoms with Gasteiger partial charge < -0.3 is 14.5 Å². The molecule has 2 aromatic heterocycles. The number of carboxylic acid groups (broad SMARTS) is 1. The van der Waals surface area contributed by atoms with Gasteiger partial charge in [-0.25, -0.2) is 4.79 Å². The van der Waals surface area contributed by atoms with Crippen LogP contribution in [0.3, 0.4) is 0 Å². The first kappa shape index (κ1) is 14.0. The number of nitrogens with zero attached hydrogens (tertiary/aromatic N) is 2. The lowest BCUT2D eigenvalue weighted by molar-refractivity contribution is -0.131. The maximum absolute atomic E-state index is 11.9. The minimum absolute atomic E-state index is 0.190. The zero-order valence-corrected chi connectivity index (χ0v) is 11.5. The lowest BCUT2D eigenvalue weighted by Gasteiger charge is -2.13. The van der Waals surface area contributed by atoms with Crippen LogP contribution in [0.25, 0.3) is 6.08 Å². The molecule has 0 fully saturated rings. The van der Waals surface area contributed by atoms with Crippen LogP contribution in [0.2, 0.25) is 0 Å². The highest BCUT2D eigenvalue weighted by atomic mass is 32.1. The molecule has 2 aromatic rings. The summed E-state index contributed by atoms with van der Waals surface area (Å²) in [6, 6.07) is 3.35. The van der Waals surface area contributed by atoms with Gasteiger partial charge in [-0.05, 0) is 23.1 Å². The first-order valence-electron chi connectivity index (χ1n) is 5.71. The molecule has 0 radical (unpaired) electrons. The van der Waals surface area contributed by atoms with Gasteiger partial charge >= 0.3 is 5.97 Å². The number of aromatic nitrogens is 1. The van der Waals surface area contributed by atoms with E-state index < -0.39 is 5.97 Å². The second-order valence-corrected chi connectivity index (χ2v) is 5.05. The normalized spacial score (nSPS) is 10.8. The highest BCUT2D eigenvalue weighted by Gasteiger charge is 2.16. The molecule has 1 amide bonds. The molecule has 2 heterocycles. The van der Waals surface area contributed by atoms with E-state index in [2.05, 4.69) is 5.16 Å². The summed E-state index contributed by atoms with van der Waals surface area (Å²) in [6.45, 7) is 0.422. The van der Waals surface area contributed by atoms with Crippen LogP contribution < -0.4 is 0 Å². The van der Waals surface area contributed by atoms with Crippen molar-refractivity contribution < 1.29 is 19.2 Å². The van der Waals surface area contributed by atoms with E-state index in [0.29, 0.717) is 6.54 Å². The van der Waals surface area contributed by atoms with E-state index in [1.807, 2.05) is 11.4 Å². The molecular weight excluding hydrogens is 280 g/mol. The molecule has 0 aliphatic rings. The van der Waals surface area contributed by atoms with E-state index in [4.69, 9.17) is 9.63 Å². The highest BCUT2D eigenvalue weighted by molar-refractivity contribution is 7.10. The third kappa shape index (κ3) is 3.55. The zero-order chi connectivity index (χ0) is 14.5. The van der Waals surface area contributed by atoms with E-state index >= 15 is 0 Å². The molecule has 20 heavy (non-hydrogen) atoms. The minimum atomic E-state index is -0.990. The SMILES string of the molecule is CN(Cc1cc(C=CC(=O)O)cs1)C(=O)c1ccno1. The largest absolute Gasteiger partial charge is 0.478 e. The standard InChI is InChI=1S/C13H12N2O4S/c1-15(13(18)11-4-5-14-19-11)7-10-6-9(8-20-10)2-3-12(16)17/h2-6,8H,7H2,1H3,(H,16,17). The first-order chi connectivity index (χ1) is 9.56. The fourth-order valence-electron chi connectivity index (χ4n) is 1.56. The molecule has 0 bridgehead atoms. The number of aliphatic carboxylic acids is 1. The number of carboxylic acids is 1. The molecule has 2 rings (SSSR count). The van der Waals surface area contributed by atoms with Gasteiger partial charge in [-0.15, -0.1) is 11.3 Å². The first-order valence-corrected chi connectivity index (χ1v) is 6.59. The van der Waals surface area contributed by atoms with Crippen molar-refractivity contribution in [2.24, 2.45) is 0 Å². The number of hydrogen-bond acceptors (Lipinski definition) is 5. The van der Waals surface area contributed by atoms with Crippen LogP contribution >= 0.6 is 11.3 Å². The predicted molar refractivity (Wildman–Crippen MR) is 73.3 cm³/mol. The predicted octanol–water partition coefficient (Wildman–Crippen LogP) is 2.11. The lowest BCUT2D eigenvalue weighted by atomic mass is 10.2. The summed E-state index contributed by atoms with van der Waals surface area (Å²) in [5.74, 6) is -1.05. The average Bonchev–Trinajstić information content (AvgIpc) is 3.06. The Morgan fingerprint density at radius 1 is 1.55 bits per heavy atom. The van der Waals surface area contributed by atoms with Crippen molar-refractivity contribution in [1.82, 2.24) is 10.1 Å². The summed E-state index contributed by atoms with van der Waals surface area (Å²) >= 11 is 1.46. The molecule has 0 spiro atoms. The van der Waals surface area contributed by atoms with Gasteiger partial charge in [-0.3, -0.25) is 4.79 Å². The average molecular weight is 292 g/mol. The molecule has 1 N–H and O–H groups in total. The van der Waals surface area contributed by atoms with E-state index in [0.717, 1.165) is 16.5 Å². The summed E-state index contributed by atoms with van der Waals surface area (Å²) < 4.78 is 4.81. The highest BCUT2D eigenvalue weighted by Crippen LogP contribution is 2.18. The molecule has 0 atom stereocenters. The summed E-state index contributed by atoms with van der Waals surface area (Å²) in [5.41, 5.74) is 0.799. The van der Waals surface area contributed by atoms with Crippen molar-refractivity contribution in [3.63, 3.8) is 0 Å². The van der Waals surface area contributed by atoms with Crippen LogP contribution in [0.5, 0.6) is 0 Å². The Kier molecular flexibility index (Phi) is 4.31. The Balaban J connectivity index is 2.00. The fourth-order valence-corrected chi connectivity index (χ4v) is 2.46. The number of carbonyl (C=O) groups excluding carboxylic acids is 1. The minimum Gasteiger partial charge on any atom is -0.478 e. The van der Waals surface area contributed by atoms with Crippen molar-refractivity contribution in [2.75, 3.05) is 7.05 Å². The van der Waals surface area contributed by atoms with Crippen molar-refractivity contribution in [2.45, 2.75) is 6.54 Å². The molecule has 6 nitrogen and oxygen atoms in total. The fraction of sp³-hybridized carbons (Fsp3) is 0.154. The summed E-state index contributed by atoms with van der Waals surface area (Å²) in [5, 5.41) is 13.9. The van der Waals surface area contributed by atoms with Gasteiger partial charge in [-0.2, -0.15) is 0 Å². The molecule has 0 unspecified atom stereocenters. The molecule has 0 aromatic carbocycles. The van der Waals surface area contributed by atoms with Gasteiger partial charge in [-0.1, -0.05) is 5.16 Å². The molecule has 0 saturated heterocycles. The van der Waals surface area contributed by atoms with E-state index in [1.54, 1.807) is 7.05 Å². The molecular formula is C13H12N2O4S. The summed E-state index contributed by atoms with van der Waals surface area (Å²) in [7, 11) is 1.66. The number of thiophene rings is 1. The molecule has 104 valence electrons. The van der Waals surface area contributed by atoms with Crippen LogP contribution in [-0.2, 0) is 11.3 Å². The van der Waals surface area contributed by atoms with Gasteiger partial charge in [0, 0.05) is 24.1 Å². The second-order valence-electron chi connectivity index (χ2n) is 4.06. The summed E-state index contributed by atoms with van der Waals surface area (Å²) in [4.78, 5) is 24.8. The molecule has 0 aliphatic heterocycles. The van der Waals surface area contributed by atoms with Crippen LogP contribution in [0, 0.1) is 0 Å². The van der Waals surface area contributed by atoms with Gasteiger partial charge in [0.15, 0.2) is 0 Å². The smallest absolute Gasteiger partial charge is 0.328 e. The lowest BCUT2D eigenvalue weighted by Crippen LogP contribution is -2.25. The van der Waals surface area contributed by atoms with Crippen LogP contribution in [0.15, 0.2) is 34.3 Å². The Labute approximate surface area is 118 Å². The number of rotatable bonds is 5. The quantitative estimate of drug-likeness (QED) is 0.853. The summed E-state index contributed by atoms with van der Waals surface area (Å²) in [6.07, 6.45) is 4.01. The Bertz CT molecular complexity index is 631. The van der Waals surface area contributed by atoms with Crippen molar-refractivity contribution >= 4 is 29.3 Å². The second kappa shape index (κ2) is 6.16. The van der Waals surface area contributed by atoms with Gasteiger partial charge in [0.05, 0.1) is 12.7 Å². The van der Waals surface area contributed by atoms with E-state index in [9.17, 15) is 9.59 Å². The van der Waals surface area contributed by atoms with Gasteiger partial charge in [0.2, 0.25) is 5.76 Å². The monoisotopic (exact) mass is 292 g/mol. The topological polar surface area (TPSA) is 83.6 Å². The Morgan fingerprint density at radius 3 is 3.00 bits per heavy atom. The third-order valence-corrected chi connectivity index (χ3v) is 3.42. The van der Waals surface area contributed by atoms with Crippen LogP contribution in [0.1, 0.15) is 21.0 Å². The molecule has 0 aliphatic carbocycles. The van der Waals surface area contributed by atoms with Crippen LogP contribution in [-0.4, -0.2) is 34.1 Å². The maximum Gasteiger partial charge on any atom is 0.328 e. The molecule has 0 saturated carbocycles. The van der Waals surface area contributed by atoms with Crippen LogP contribution in [0.4, 0.5) is 0 Å². The Hall–Kier alpha value is -2.41. The number of hydrogen-bond donors (Lipinski definition) is 1. The van der Waals surface area contributed by atoms with Gasteiger partial charge in [0.25, 0.3) is 5.91 Å². The maximum atomic E-state index is 11.9.